The van der Waals surface area contributed by atoms with Crippen LogP contribution in [0.5, 0.6) is 0 Å². The van der Waals surface area contributed by atoms with E-state index in [0.717, 1.165) is 10.9 Å². The zero-order chi connectivity index (χ0) is 6.69. The zero-order valence-corrected chi connectivity index (χ0v) is 10.8. The fraction of sp³-hybridized carbons (Fsp3) is 0.125. The molecule has 56 valence electrons. The van der Waals surface area contributed by atoms with Crippen LogP contribution in [0, 0.1) is 6.92 Å². The number of benzene rings is 1. The summed E-state index contributed by atoms with van der Waals surface area (Å²) in [6, 6.07) is 8.19. The van der Waals surface area contributed by atoms with Gasteiger partial charge >= 0.3 is 23.1 Å². The molecule has 0 nitrogen and oxygen atoms in total. The van der Waals surface area contributed by atoms with E-state index in [-0.39, 0.29) is 40.0 Å². The molecule has 0 aliphatic rings. The normalized spacial score (nSPS) is 7.82. The predicted octanol–water partition coefficient (Wildman–Crippen LogP) is -0.551. The number of hydrogen-bond donors (Lipinski definition) is 0. The molecule has 0 atom stereocenters. The molecule has 0 saturated heterocycles. The van der Waals surface area contributed by atoms with Crippen LogP contribution >= 0.6 is 15.9 Å². The van der Waals surface area contributed by atoms with Gasteiger partial charge in [0.2, 0.25) is 0 Å². The summed E-state index contributed by atoms with van der Waals surface area (Å²) in [5.74, 6) is 0. The number of rotatable bonds is 1. The van der Waals surface area contributed by atoms with Crippen molar-refractivity contribution in [2.24, 2.45) is 0 Å². The van der Waals surface area contributed by atoms with Crippen LogP contribution < -0.4 is 17.0 Å². The van der Waals surface area contributed by atoms with Crippen molar-refractivity contribution in [3.8, 4) is 0 Å². The summed E-state index contributed by atoms with van der Waals surface area (Å²) in [7, 11) is 0. The first-order valence-corrected chi connectivity index (χ1v) is 3.66. The Morgan fingerprint density at radius 2 is 1.64 bits per heavy atom. The first kappa shape index (κ1) is 14.5. The van der Waals surface area contributed by atoms with Crippen LogP contribution in [-0.2, 0) is 6.42 Å². The van der Waals surface area contributed by atoms with Crippen molar-refractivity contribution < 1.29 is 17.0 Å². The maximum absolute atomic E-state index is 3.77. The van der Waals surface area contributed by atoms with E-state index >= 15 is 0 Å². The fourth-order valence-electron chi connectivity index (χ4n) is 0.651. The molecule has 1 rings (SSSR count). The third kappa shape index (κ3) is 5.23. The molecule has 0 amide bonds. The van der Waals surface area contributed by atoms with Crippen LogP contribution in [0.4, 0.5) is 0 Å². The van der Waals surface area contributed by atoms with Crippen LogP contribution in [0.25, 0.3) is 0 Å². The van der Waals surface area contributed by atoms with Crippen LogP contribution in [-0.4, -0.2) is 23.1 Å². The largest absolute Gasteiger partial charge is 2.00 e. The summed E-state index contributed by atoms with van der Waals surface area (Å²) >= 11 is 3.35. The molecule has 0 unspecified atom stereocenters. The summed E-state index contributed by atoms with van der Waals surface area (Å²) < 4.78 is 1.12. The Kier molecular flexibility index (Phi) is 9.98. The Morgan fingerprint density at radius 1 is 1.18 bits per heavy atom. The van der Waals surface area contributed by atoms with Crippen molar-refractivity contribution >= 4 is 39.0 Å². The summed E-state index contributed by atoms with van der Waals surface area (Å²) in [5, 5.41) is 0. The van der Waals surface area contributed by atoms with Crippen molar-refractivity contribution in [3.63, 3.8) is 0 Å². The number of halogens is 2. The Labute approximate surface area is 103 Å². The topological polar surface area (TPSA) is 0 Å². The smallest absolute Gasteiger partial charge is 1.00 e. The maximum Gasteiger partial charge on any atom is 2.00 e. The van der Waals surface area contributed by atoms with Gasteiger partial charge in [0.25, 0.3) is 0 Å². The number of hydrogen-bond acceptors (Lipinski definition) is 0. The van der Waals surface area contributed by atoms with Crippen LogP contribution in [0.2, 0.25) is 0 Å². The fourth-order valence-corrected chi connectivity index (χ4v) is 0.915. The van der Waals surface area contributed by atoms with Crippen molar-refractivity contribution in [2.45, 2.75) is 6.42 Å². The Balaban J connectivity index is 0. The van der Waals surface area contributed by atoms with Gasteiger partial charge in [0, 0.05) is 4.47 Å². The van der Waals surface area contributed by atoms with Crippen molar-refractivity contribution in [1.82, 2.24) is 0 Å². The van der Waals surface area contributed by atoms with Gasteiger partial charge in [-0.2, -0.15) is 6.42 Å². The van der Waals surface area contributed by atoms with Crippen LogP contribution in [0.3, 0.4) is 0 Å². The van der Waals surface area contributed by atoms with E-state index in [1.54, 1.807) is 0 Å². The first-order valence-electron chi connectivity index (χ1n) is 2.86. The minimum atomic E-state index is 0. The molecule has 1 aromatic rings. The second kappa shape index (κ2) is 7.59. The van der Waals surface area contributed by atoms with Crippen molar-refractivity contribution in [2.75, 3.05) is 0 Å². The third-order valence-corrected chi connectivity index (χ3v) is 1.73. The van der Waals surface area contributed by atoms with Crippen molar-refractivity contribution in [3.05, 3.63) is 41.2 Å². The average Bonchev–Trinajstić information content (AvgIpc) is 1.90. The molecule has 0 saturated carbocycles. The SMILES string of the molecule is [Br-].[CH2-]Cc1ccc(Br)cc1.[Mg+2]. The molecule has 0 bridgehead atoms. The van der Waals surface area contributed by atoms with E-state index in [0.29, 0.717) is 0 Å². The standard InChI is InChI=1S/C8H8Br.BrH.Mg/c1-2-7-3-5-8(9)6-4-7;;/h3-6H,1-2H2;1H;/q-1;;+2/p-1. The molecule has 0 heterocycles. The van der Waals surface area contributed by atoms with Gasteiger partial charge in [0.15, 0.2) is 0 Å². The molecule has 0 spiro atoms. The van der Waals surface area contributed by atoms with E-state index in [9.17, 15) is 0 Å². The van der Waals surface area contributed by atoms with Gasteiger partial charge in [0.1, 0.15) is 0 Å². The molecular formula is C8H8Br2Mg. The van der Waals surface area contributed by atoms with Crippen LogP contribution in [0.15, 0.2) is 28.7 Å². The Hall–Kier alpha value is 0.946. The van der Waals surface area contributed by atoms with Crippen molar-refractivity contribution in [1.29, 1.82) is 0 Å². The minimum absolute atomic E-state index is 0. The molecule has 0 aliphatic carbocycles. The molecule has 0 aromatic heterocycles. The summed E-state index contributed by atoms with van der Waals surface area (Å²) in [6.45, 7) is 3.77. The molecular weight excluding hydrogens is 280 g/mol. The summed E-state index contributed by atoms with van der Waals surface area (Å²) in [5.41, 5.74) is 1.28. The van der Waals surface area contributed by atoms with Gasteiger partial charge in [-0.25, -0.2) is 0 Å². The molecule has 11 heavy (non-hydrogen) atoms. The Morgan fingerprint density at radius 3 is 2.00 bits per heavy atom. The first-order chi connectivity index (χ1) is 4.33. The van der Waals surface area contributed by atoms with Gasteiger partial charge < -0.3 is 23.9 Å². The van der Waals surface area contributed by atoms with Gasteiger partial charge in [-0.1, -0.05) is 33.6 Å². The molecule has 1 aromatic carbocycles. The molecule has 3 heteroatoms. The molecule has 0 fully saturated rings. The van der Waals surface area contributed by atoms with E-state index in [4.69, 9.17) is 0 Å². The van der Waals surface area contributed by atoms with Gasteiger partial charge in [-0.15, -0.1) is 0 Å². The van der Waals surface area contributed by atoms with E-state index in [1.807, 2.05) is 12.1 Å². The summed E-state index contributed by atoms with van der Waals surface area (Å²) in [4.78, 5) is 0. The molecule has 0 aliphatic heterocycles. The van der Waals surface area contributed by atoms with E-state index in [2.05, 4.69) is 35.0 Å². The average molecular weight is 288 g/mol. The van der Waals surface area contributed by atoms with Gasteiger partial charge in [-0.3, -0.25) is 0 Å². The Bertz CT molecular complexity index is 184. The quantitative estimate of drug-likeness (QED) is 0.480. The van der Waals surface area contributed by atoms with Gasteiger partial charge in [-0.05, 0) is 12.1 Å². The zero-order valence-electron chi connectivity index (χ0n) is 6.19. The minimum Gasteiger partial charge on any atom is -1.00 e. The van der Waals surface area contributed by atoms with Crippen LogP contribution in [0.1, 0.15) is 5.56 Å². The van der Waals surface area contributed by atoms with Gasteiger partial charge in [0.05, 0.1) is 0 Å². The second-order valence-corrected chi connectivity index (χ2v) is 2.79. The third-order valence-electron chi connectivity index (χ3n) is 1.20. The van der Waals surface area contributed by atoms with E-state index < -0.39 is 0 Å². The molecule has 0 N–H and O–H groups in total. The second-order valence-electron chi connectivity index (χ2n) is 1.88. The summed E-state index contributed by atoms with van der Waals surface area (Å²) in [6.07, 6.45) is 0.868. The predicted molar refractivity (Wildman–Crippen MR) is 49.0 cm³/mol. The van der Waals surface area contributed by atoms with E-state index in [1.165, 1.54) is 5.56 Å². The molecule has 0 radical (unpaired) electrons. The maximum atomic E-state index is 3.77. The monoisotopic (exact) mass is 286 g/mol.